The molecular weight excluding hydrogens is 286 g/mol. The second kappa shape index (κ2) is 6.54. The smallest absolute Gasteiger partial charge is 0.159 e. The van der Waals surface area contributed by atoms with Gasteiger partial charge in [0.2, 0.25) is 0 Å². The summed E-state index contributed by atoms with van der Waals surface area (Å²) in [6, 6.07) is 8.41. The molecule has 122 valence electrons. The second-order valence-electron chi connectivity index (χ2n) is 5.83. The minimum Gasteiger partial charge on any atom is -0.352 e. The highest BCUT2D eigenvalue weighted by Crippen LogP contribution is 2.27. The summed E-state index contributed by atoms with van der Waals surface area (Å²) in [7, 11) is 0. The van der Waals surface area contributed by atoms with E-state index in [4.69, 9.17) is 0 Å². The van der Waals surface area contributed by atoms with Crippen LogP contribution in [0, 0.1) is 6.92 Å². The number of nitrogens with one attached hydrogen (secondary N) is 1. The maximum Gasteiger partial charge on any atom is 0.159 e. The van der Waals surface area contributed by atoms with Crippen molar-refractivity contribution in [2.45, 2.75) is 40.3 Å². The lowest BCUT2D eigenvalue weighted by molar-refractivity contribution is 0.233. The van der Waals surface area contributed by atoms with Gasteiger partial charge in [0.25, 0.3) is 0 Å². The van der Waals surface area contributed by atoms with Crippen molar-refractivity contribution in [2.75, 3.05) is 18.4 Å². The summed E-state index contributed by atoms with van der Waals surface area (Å²) in [6.07, 6.45) is 3.37. The van der Waals surface area contributed by atoms with Crippen LogP contribution in [-0.4, -0.2) is 38.8 Å². The fourth-order valence-electron chi connectivity index (χ4n) is 3.28. The van der Waals surface area contributed by atoms with Crippen molar-refractivity contribution in [3.05, 3.63) is 36.2 Å². The molecule has 23 heavy (non-hydrogen) atoms. The van der Waals surface area contributed by atoms with Crippen LogP contribution in [0.2, 0.25) is 0 Å². The Balaban J connectivity index is 2.09. The molecule has 5 heteroatoms. The Hall–Kier alpha value is -2.14. The molecule has 0 amide bonds. The number of aryl methyl sites for hydroxylation is 1. The van der Waals surface area contributed by atoms with E-state index in [1.54, 1.807) is 0 Å². The Labute approximate surface area is 137 Å². The molecule has 3 aromatic heterocycles. The average Bonchev–Trinajstić information content (AvgIpc) is 2.97. The lowest BCUT2D eigenvalue weighted by Crippen LogP contribution is -2.40. The van der Waals surface area contributed by atoms with Gasteiger partial charge in [0, 0.05) is 17.1 Å². The van der Waals surface area contributed by atoms with Crippen molar-refractivity contribution in [2.24, 2.45) is 0 Å². The molecule has 3 aromatic rings. The number of nitrogens with zero attached hydrogens (tertiary/aromatic N) is 4. The topological polar surface area (TPSA) is 45.5 Å². The molecule has 3 heterocycles. The van der Waals surface area contributed by atoms with Gasteiger partial charge in [-0.3, -0.25) is 4.90 Å². The molecule has 5 nitrogen and oxygen atoms in total. The van der Waals surface area contributed by atoms with Crippen molar-refractivity contribution < 1.29 is 0 Å². The molecule has 1 atom stereocenters. The molecule has 0 aromatic carbocycles. The van der Waals surface area contributed by atoms with E-state index in [1.807, 2.05) is 13.0 Å². The van der Waals surface area contributed by atoms with Gasteiger partial charge in [-0.25, -0.2) is 0 Å². The molecule has 0 bridgehead atoms. The van der Waals surface area contributed by atoms with Crippen LogP contribution in [-0.2, 0) is 0 Å². The fourth-order valence-corrected chi connectivity index (χ4v) is 3.28. The van der Waals surface area contributed by atoms with Crippen molar-refractivity contribution in [3.8, 4) is 0 Å². The lowest BCUT2D eigenvalue weighted by Gasteiger charge is -2.29. The third-order valence-corrected chi connectivity index (χ3v) is 4.52. The first kappa shape index (κ1) is 15.7. The first-order valence-electron chi connectivity index (χ1n) is 8.43. The zero-order chi connectivity index (χ0) is 16.4. The summed E-state index contributed by atoms with van der Waals surface area (Å²) < 4.78 is 2.18. The van der Waals surface area contributed by atoms with Crippen molar-refractivity contribution in [1.82, 2.24) is 19.5 Å². The normalized spacial score (nSPS) is 13.1. The maximum atomic E-state index is 4.44. The molecule has 0 aliphatic rings. The van der Waals surface area contributed by atoms with Crippen LogP contribution >= 0.6 is 0 Å². The molecule has 0 saturated carbocycles. The van der Waals surface area contributed by atoms with E-state index in [0.717, 1.165) is 41.9 Å². The van der Waals surface area contributed by atoms with Gasteiger partial charge in [0.05, 0.1) is 17.4 Å². The molecule has 0 saturated heterocycles. The molecule has 1 N–H and O–H groups in total. The predicted octanol–water partition coefficient (Wildman–Crippen LogP) is 3.68. The number of pyridine rings is 1. The van der Waals surface area contributed by atoms with E-state index in [9.17, 15) is 0 Å². The Morgan fingerprint density at radius 1 is 1.17 bits per heavy atom. The summed E-state index contributed by atoms with van der Waals surface area (Å²) in [4.78, 5) is 2.41. The summed E-state index contributed by atoms with van der Waals surface area (Å²) in [6.45, 7) is 10.6. The van der Waals surface area contributed by atoms with Gasteiger partial charge in [-0.05, 0) is 44.6 Å². The quantitative estimate of drug-likeness (QED) is 0.705. The third-order valence-electron chi connectivity index (χ3n) is 4.52. The van der Waals surface area contributed by atoms with E-state index >= 15 is 0 Å². The summed E-state index contributed by atoms with van der Waals surface area (Å²) in [5.41, 5.74) is 3.25. The van der Waals surface area contributed by atoms with Crippen LogP contribution in [0.3, 0.4) is 0 Å². The first-order chi connectivity index (χ1) is 11.2. The SMILES string of the molecule is CCC(Nc1nnc(C)c2c1cc1ccccn12)N(CC)CC. The Bertz CT molecular complexity index is 804. The van der Waals surface area contributed by atoms with Crippen LogP contribution < -0.4 is 5.32 Å². The van der Waals surface area contributed by atoms with Crippen LogP contribution in [0.25, 0.3) is 16.4 Å². The van der Waals surface area contributed by atoms with Crippen LogP contribution in [0.4, 0.5) is 5.82 Å². The monoisotopic (exact) mass is 311 g/mol. The standard InChI is InChI=1S/C18H25N5/c1-5-16(22(6-2)7-3)19-18-15-12-14-10-8-9-11-23(14)17(15)13(4)20-21-18/h8-12,16H,5-7H2,1-4H3,(H,19,21). The molecule has 0 aliphatic heterocycles. The third kappa shape index (κ3) is 2.77. The van der Waals surface area contributed by atoms with Crippen molar-refractivity contribution in [3.63, 3.8) is 0 Å². The van der Waals surface area contributed by atoms with Crippen molar-refractivity contribution in [1.29, 1.82) is 0 Å². The first-order valence-corrected chi connectivity index (χ1v) is 8.43. The average molecular weight is 311 g/mol. The van der Waals surface area contributed by atoms with E-state index < -0.39 is 0 Å². The summed E-state index contributed by atoms with van der Waals surface area (Å²) in [5, 5.41) is 13.5. The highest BCUT2D eigenvalue weighted by atomic mass is 15.3. The van der Waals surface area contributed by atoms with Crippen molar-refractivity contribution >= 4 is 22.2 Å². The molecule has 0 aliphatic carbocycles. The minimum absolute atomic E-state index is 0.271. The van der Waals surface area contributed by atoms with Gasteiger partial charge in [-0.15, -0.1) is 5.10 Å². The minimum atomic E-state index is 0.271. The molecule has 3 rings (SSSR count). The summed E-state index contributed by atoms with van der Waals surface area (Å²) >= 11 is 0. The number of anilines is 1. The Morgan fingerprint density at radius 3 is 2.65 bits per heavy atom. The largest absolute Gasteiger partial charge is 0.352 e. The van der Waals surface area contributed by atoms with E-state index in [-0.39, 0.29) is 6.17 Å². The van der Waals surface area contributed by atoms with Gasteiger partial charge >= 0.3 is 0 Å². The van der Waals surface area contributed by atoms with Gasteiger partial charge in [-0.2, -0.15) is 5.10 Å². The molecule has 0 fully saturated rings. The highest BCUT2D eigenvalue weighted by molar-refractivity contribution is 5.96. The Morgan fingerprint density at radius 2 is 1.96 bits per heavy atom. The highest BCUT2D eigenvalue weighted by Gasteiger charge is 2.17. The van der Waals surface area contributed by atoms with Gasteiger partial charge in [0.1, 0.15) is 0 Å². The number of rotatable bonds is 6. The second-order valence-corrected chi connectivity index (χ2v) is 5.83. The molecular formula is C18H25N5. The Kier molecular flexibility index (Phi) is 4.48. The number of aromatic nitrogens is 3. The van der Waals surface area contributed by atoms with Gasteiger partial charge in [0.15, 0.2) is 5.82 Å². The number of fused-ring (bicyclic) bond motifs is 3. The molecule has 1 unspecified atom stereocenters. The number of hydrogen-bond donors (Lipinski definition) is 1. The van der Waals surface area contributed by atoms with Crippen LogP contribution in [0.15, 0.2) is 30.5 Å². The van der Waals surface area contributed by atoms with E-state index in [1.165, 1.54) is 5.52 Å². The van der Waals surface area contributed by atoms with Gasteiger partial charge in [-0.1, -0.05) is 26.8 Å². The van der Waals surface area contributed by atoms with E-state index in [0.29, 0.717) is 0 Å². The zero-order valence-electron chi connectivity index (χ0n) is 14.4. The van der Waals surface area contributed by atoms with Gasteiger partial charge < -0.3 is 9.72 Å². The maximum absolute atomic E-state index is 4.44. The lowest BCUT2D eigenvalue weighted by atomic mass is 10.2. The predicted molar refractivity (Wildman–Crippen MR) is 95.9 cm³/mol. The molecule has 0 radical (unpaired) electrons. The summed E-state index contributed by atoms with van der Waals surface area (Å²) in [5.74, 6) is 0.869. The number of hydrogen-bond acceptors (Lipinski definition) is 4. The van der Waals surface area contributed by atoms with Crippen LogP contribution in [0.5, 0.6) is 0 Å². The molecule has 0 spiro atoms. The fraction of sp³-hybridized carbons (Fsp3) is 0.444. The van der Waals surface area contributed by atoms with E-state index in [2.05, 4.69) is 70.0 Å². The zero-order valence-corrected chi connectivity index (χ0v) is 14.4. The van der Waals surface area contributed by atoms with Crippen LogP contribution in [0.1, 0.15) is 32.9 Å².